The third-order valence-electron chi connectivity index (χ3n) is 5.21. The lowest BCUT2D eigenvalue weighted by molar-refractivity contribution is -0.139. The van der Waals surface area contributed by atoms with E-state index in [4.69, 9.17) is 9.26 Å². The summed E-state index contributed by atoms with van der Waals surface area (Å²) in [6, 6.07) is 7.32. The van der Waals surface area contributed by atoms with Crippen LogP contribution >= 0.6 is 11.8 Å². The summed E-state index contributed by atoms with van der Waals surface area (Å²) in [6.07, 6.45) is 3.52. The molecule has 2 heterocycles. The molecule has 1 aliphatic heterocycles. The van der Waals surface area contributed by atoms with E-state index in [0.29, 0.717) is 11.3 Å². The van der Waals surface area contributed by atoms with E-state index in [-0.39, 0.29) is 5.91 Å². The molecule has 0 aliphatic carbocycles. The van der Waals surface area contributed by atoms with Crippen molar-refractivity contribution in [2.45, 2.75) is 63.2 Å². The largest absolute Gasteiger partial charge is 0.449 e. The second-order valence-corrected chi connectivity index (χ2v) is 8.39. The molecule has 2 aromatic rings. The number of carbonyl (C=O) groups is 2. The number of benzene rings is 1. The summed E-state index contributed by atoms with van der Waals surface area (Å²) < 4.78 is 10.8. The molecule has 3 rings (SSSR count). The molecule has 6 nitrogen and oxygen atoms in total. The molecule has 0 N–H and O–H groups in total. The van der Waals surface area contributed by atoms with Crippen molar-refractivity contribution in [2.24, 2.45) is 0 Å². The van der Waals surface area contributed by atoms with Gasteiger partial charge in [0.1, 0.15) is 5.76 Å². The first kappa shape index (κ1) is 21.4. The van der Waals surface area contributed by atoms with Crippen molar-refractivity contribution < 1.29 is 18.8 Å². The van der Waals surface area contributed by atoms with E-state index in [2.05, 4.69) is 5.16 Å². The Bertz CT molecular complexity index is 837. The topological polar surface area (TPSA) is 72.6 Å². The molecule has 1 amide bonds. The number of thioether (sulfide) groups is 1. The first-order valence-corrected chi connectivity index (χ1v) is 11.1. The molecular formula is C22H28N2O4S. The van der Waals surface area contributed by atoms with Gasteiger partial charge in [-0.05, 0) is 45.7 Å². The van der Waals surface area contributed by atoms with Crippen LogP contribution in [0.1, 0.15) is 60.0 Å². The summed E-state index contributed by atoms with van der Waals surface area (Å²) in [5.41, 5.74) is 2.36. The zero-order chi connectivity index (χ0) is 20.8. The highest BCUT2D eigenvalue weighted by atomic mass is 32.2. The van der Waals surface area contributed by atoms with E-state index < -0.39 is 12.1 Å². The number of amides is 1. The van der Waals surface area contributed by atoms with Gasteiger partial charge < -0.3 is 14.2 Å². The van der Waals surface area contributed by atoms with Gasteiger partial charge in [-0.2, -0.15) is 0 Å². The Labute approximate surface area is 176 Å². The van der Waals surface area contributed by atoms with Crippen molar-refractivity contribution in [3.05, 3.63) is 46.8 Å². The molecule has 1 fully saturated rings. The number of ether oxygens (including phenoxy) is 1. The van der Waals surface area contributed by atoms with Gasteiger partial charge in [-0.1, -0.05) is 30.1 Å². The van der Waals surface area contributed by atoms with Gasteiger partial charge in [-0.15, -0.1) is 11.8 Å². The Hall–Kier alpha value is -2.28. The van der Waals surface area contributed by atoms with Crippen LogP contribution in [0.3, 0.4) is 0 Å². The van der Waals surface area contributed by atoms with Crippen LogP contribution in [0.4, 0.5) is 0 Å². The van der Waals surface area contributed by atoms with E-state index in [9.17, 15) is 9.59 Å². The van der Waals surface area contributed by atoms with Crippen molar-refractivity contribution in [1.82, 2.24) is 10.1 Å². The van der Waals surface area contributed by atoms with Crippen molar-refractivity contribution in [1.29, 1.82) is 0 Å². The third kappa shape index (κ3) is 5.41. The first-order valence-electron chi connectivity index (χ1n) is 10.1. The molecule has 0 unspecified atom stereocenters. The Kier molecular flexibility index (Phi) is 7.36. The Balaban J connectivity index is 1.65. The van der Waals surface area contributed by atoms with E-state index in [1.807, 2.05) is 30.9 Å². The van der Waals surface area contributed by atoms with Crippen LogP contribution in [0.25, 0.3) is 0 Å². The van der Waals surface area contributed by atoms with Crippen molar-refractivity contribution >= 4 is 23.6 Å². The predicted octanol–water partition coefficient (Wildman–Crippen LogP) is 4.53. The molecular weight excluding hydrogens is 388 g/mol. The van der Waals surface area contributed by atoms with Crippen LogP contribution in [0.2, 0.25) is 0 Å². The highest BCUT2D eigenvalue weighted by Gasteiger charge is 2.26. The van der Waals surface area contributed by atoms with Gasteiger partial charge in [0.05, 0.1) is 11.3 Å². The highest BCUT2D eigenvalue weighted by Crippen LogP contribution is 2.29. The van der Waals surface area contributed by atoms with Crippen LogP contribution in [-0.4, -0.2) is 41.1 Å². The minimum Gasteiger partial charge on any atom is -0.449 e. The van der Waals surface area contributed by atoms with Crippen LogP contribution in [0.5, 0.6) is 0 Å². The smallest absolute Gasteiger partial charge is 0.340 e. The van der Waals surface area contributed by atoms with Crippen molar-refractivity contribution in [2.75, 3.05) is 13.1 Å². The molecule has 0 saturated carbocycles. The van der Waals surface area contributed by atoms with E-state index in [1.54, 1.807) is 19.1 Å². The average molecular weight is 417 g/mol. The maximum Gasteiger partial charge on any atom is 0.340 e. The number of aryl methyl sites for hydroxylation is 2. The maximum absolute atomic E-state index is 12.8. The first-order chi connectivity index (χ1) is 14.0. The molecule has 1 aromatic heterocycles. The van der Waals surface area contributed by atoms with Gasteiger partial charge >= 0.3 is 5.97 Å². The van der Waals surface area contributed by atoms with Crippen LogP contribution in [0.15, 0.2) is 33.7 Å². The average Bonchev–Trinajstić information content (AvgIpc) is 2.91. The van der Waals surface area contributed by atoms with Gasteiger partial charge in [0.2, 0.25) is 0 Å². The molecule has 0 bridgehead atoms. The lowest BCUT2D eigenvalue weighted by Gasteiger charge is -2.24. The number of hydrogen-bond donors (Lipinski definition) is 0. The number of aromatic nitrogens is 1. The lowest BCUT2D eigenvalue weighted by atomic mass is 10.2. The molecule has 156 valence electrons. The number of carbonyl (C=O) groups excluding carboxylic acids is 2. The summed E-state index contributed by atoms with van der Waals surface area (Å²) in [5.74, 6) is 0.851. The fourth-order valence-electron chi connectivity index (χ4n) is 3.44. The standard InChI is InChI=1S/C22H28N2O4S/c1-15-19(16(2)28-23-15)14-29-20-11-7-6-10-18(20)22(26)27-17(3)21(25)24-12-8-4-5-9-13-24/h6-7,10-11,17H,4-5,8-9,12-14H2,1-3H3/t17-/m1/s1. The Morgan fingerprint density at radius 2 is 1.86 bits per heavy atom. The maximum atomic E-state index is 12.8. The SMILES string of the molecule is Cc1noc(C)c1CSc1ccccc1C(=O)O[C@H](C)C(=O)N1CCCCCC1. The van der Waals surface area contributed by atoms with E-state index in [1.165, 1.54) is 11.8 Å². The van der Waals surface area contributed by atoms with Crippen molar-refractivity contribution in [3.8, 4) is 0 Å². The van der Waals surface area contributed by atoms with Gasteiger partial charge in [0, 0.05) is 29.3 Å². The summed E-state index contributed by atoms with van der Waals surface area (Å²) in [6.45, 7) is 6.93. The molecule has 1 saturated heterocycles. The van der Waals surface area contributed by atoms with Gasteiger partial charge in [-0.3, -0.25) is 4.79 Å². The summed E-state index contributed by atoms with van der Waals surface area (Å²) in [4.78, 5) is 28.1. The Morgan fingerprint density at radius 3 is 2.52 bits per heavy atom. The molecule has 0 radical (unpaired) electrons. The highest BCUT2D eigenvalue weighted by molar-refractivity contribution is 7.98. The van der Waals surface area contributed by atoms with Crippen LogP contribution < -0.4 is 0 Å². The number of likely N-dealkylation sites (tertiary alicyclic amines) is 1. The lowest BCUT2D eigenvalue weighted by Crippen LogP contribution is -2.40. The van der Waals surface area contributed by atoms with Crippen LogP contribution in [0, 0.1) is 13.8 Å². The molecule has 0 spiro atoms. The number of nitrogens with zero attached hydrogens (tertiary/aromatic N) is 2. The molecule has 1 aliphatic rings. The molecule has 7 heteroatoms. The number of esters is 1. The fraction of sp³-hybridized carbons (Fsp3) is 0.500. The second-order valence-electron chi connectivity index (χ2n) is 7.37. The van der Waals surface area contributed by atoms with Gasteiger partial charge in [0.15, 0.2) is 6.10 Å². The third-order valence-corrected chi connectivity index (χ3v) is 6.31. The monoisotopic (exact) mass is 416 g/mol. The predicted molar refractivity (Wildman–Crippen MR) is 112 cm³/mol. The second kappa shape index (κ2) is 9.96. The van der Waals surface area contributed by atoms with Crippen molar-refractivity contribution in [3.63, 3.8) is 0 Å². The minimum atomic E-state index is -0.791. The zero-order valence-electron chi connectivity index (χ0n) is 17.3. The normalized spacial score (nSPS) is 15.6. The zero-order valence-corrected chi connectivity index (χ0v) is 18.1. The number of rotatable bonds is 6. The molecule has 1 atom stereocenters. The summed E-state index contributed by atoms with van der Waals surface area (Å²) in [5, 5.41) is 3.97. The number of hydrogen-bond acceptors (Lipinski definition) is 6. The Morgan fingerprint density at radius 1 is 1.17 bits per heavy atom. The molecule has 29 heavy (non-hydrogen) atoms. The van der Waals surface area contributed by atoms with E-state index in [0.717, 1.165) is 60.7 Å². The fourth-order valence-corrected chi connectivity index (χ4v) is 4.64. The van der Waals surface area contributed by atoms with E-state index >= 15 is 0 Å². The summed E-state index contributed by atoms with van der Waals surface area (Å²) >= 11 is 1.53. The quantitative estimate of drug-likeness (QED) is 0.509. The van der Waals surface area contributed by atoms with Gasteiger partial charge in [0.25, 0.3) is 5.91 Å². The van der Waals surface area contributed by atoms with Crippen LogP contribution in [-0.2, 0) is 15.3 Å². The minimum absolute atomic E-state index is 0.110. The van der Waals surface area contributed by atoms with Gasteiger partial charge in [-0.25, -0.2) is 4.79 Å². The summed E-state index contributed by atoms with van der Waals surface area (Å²) in [7, 11) is 0. The molecule has 1 aromatic carbocycles.